The summed E-state index contributed by atoms with van der Waals surface area (Å²) in [5.41, 5.74) is 8.37. The minimum absolute atomic E-state index is 0.166. The third-order valence-corrected chi connectivity index (χ3v) is 2.93. The molecule has 1 aromatic carbocycles. The van der Waals surface area contributed by atoms with Gasteiger partial charge in [0, 0.05) is 17.8 Å². The van der Waals surface area contributed by atoms with Gasteiger partial charge in [-0.15, -0.1) is 0 Å². The van der Waals surface area contributed by atoms with Crippen LogP contribution in [0.15, 0.2) is 34.7 Å². The number of aryl methyl sites for hydroxylation is 2. The topological polar surface area (TPSA) is 68.3 Å². The Hall–Kier alpha value is -2.23. The van der Waals surface area contributed by atoms with E-state index in [4.69, 9.17) is 10.2 Å². The molecular weight excluding hydrogens is 240 g/mol. The Kier molecular flexibility index (Phi) is 3.90. The maximum absolute atomic E-state index is 11.9. The lowest BCUT2D eigenvalue weighted by molar-refractivity contribution is 0.0924. The standard InChI is InChI=1S/C15H18N2O2/c1-10-9-11(2)19-14(10)15(18)17-8-7-12-3-5-13(16)6-4-12/h3-6,9H,7-8,16H2,1-2H3,(H,17,18). The first-order valence-corrected chi connectivity index (χ1v) is 6.26. The Bertz CT molecular complexity index is 570. The molecule has 100 valence electrons. The number of nitrogens with two attached hydrogens (primary N) is 1. The van der Waals surface area contributed by atoms with Crippen LogP contribution in [0.5, 0.6) is 0 Å². The van der Waals surface area contributed by atoms with E-state index >= 15 is 0 Å². The summed E-state index contributed by atoms with van der Waals surface area (Å²) in [4.78, 5) is 11.9. The quantitative estimate of drug-likeness (QED) is 0.828. The lowest BCUT2D eigenvalue weighted by atomic mass is 10.1. The molecule has 0 aliphatic rings. The fourth-order valence-corrected chi connectivity index (χ4v) is 1.95. The molecule has 1 heterocycles. The zero-order valence-corrected chi connectivity index (χ0v) is 11.2. The molecule has 2 rings (SSSR count). The first kappa shape index (κ1) is 13.2. The summed E-state index contributed by atoms with van der Waals surface area (Å²) in [6.45, 7) is 4.27. The van der Waals surface area contributed by atoms with Gasteiger partial charge in [-0.25, -0.2) is 0 Å². The van der Waals surface area contributed by atoms with Crippen LogP contribution in [0.1, 0.15) is 27.4 Å². The van der Waals surface area contributed by atoms with E-state index in [1.807, 2.05) is 44.2 Å². The van der Waals surface area contributed by atoms with Gasteiger partial charge in [0.15, 0.2) is 5.76 Å². The fraction of sp³-hybridized carbons (Fsp3) is 0.267. The second kappa shape index (κ2) is 5.61. The van der Waals surface area contributed by atoms with Crippen molar-refractivity contribution < 1.29 is 9.21 Å². The van der Waals surface area contributed by atoms with Crippen LogP contribution < -0.4 is 11.1 Å². The van der Waals surface area contributed by atoms with Crippen molar-refractivity contribution in [3.05, 3.63) is 53.0 Å². The molecule has 1 aromatic heterocycles. The smallest absolute Gasteiger partial charge is 0.287 e. The van der Waals surface area contributed by atoms with Crippen molar-refractivity contribution in [3.8, 4) is 0 Å². The highest BCUT2D eigenvalue weighted by molar-refractivity contribution is 5.92. The summed E-state index contributed by atoms with van der Waals surface area (Å²) in [5, 5.41) is 2.85. The molecule has 0 aliphatic carbocycles. The van der Waals surface area contributed by atoms with E-state index in [0.717, 1.165) is 29.0 Å². The van der Waals surface area contributed by atoms with Crippen molar-refractivity contribution in [2.24, 2.45) is 0 Å². The van der Waals surface area contributed by atoms with Crippen molar-refractivity contribution in [2.45, 2.75) is 20.3 Å². The highest BCUT2D eigenvalue weighted by atomic mass is 16.3. The maximum atomic E-state index is 11.9. The highest BCUT2D eigenvalue weighted by Crippen LogP contribution is 2.13. The third-order valence-electron chi connectivity index (χ3n) is 2.93. The van der Waals surface area contributed by atoms with Crippen molar-refractivity contribution in [1.82, 2.24) is 5.32 Å². The van der Waals surface area contributed by atoms with Crippen LogP contribution >= 0.6 is 0 Å². The number of benzene rings is 1. The van der Waals surface area contributed by atoms with Gasteiger partial charge in [0.05, 0.1) is 0 Å². The number of nitrogens with one attached hydrogen (secondary N) is 1. The number of furan rings is 1. The molecule has 0 unspecified atom stereocenters. The van der Waals surface area contributed by atoms with Gasteiger partial charge in [-0.1, -0.05) is 12.1 Å². The number of rotatable bonds is 4. The Labute approximate surface area is 112 Å². The van der Waals surface area contributed by atoms with Gasteiger partial charge in [-0.05, 0) is 44.0 Å². The van der Waals surface area contributed by atoms with Crippen molar-refractivity contribution in [3.63, 3.8) is 0 Å². The molecule has 0 saturated carbocycles. The molecule has 0 atom stereocenters. The average molecular weight is 258 g/mol. The van der Waals surface area contributed by atoms with Crippen molar-refractivity contribution in [2.75, 3.05) is 12.3 Å². The highest BCUT2D eigenvalue weighted by Gasteiger charge is 2.13. The SMILES string of the molecule is Cc1cc(C)c(C(=O)NCCc2ccc(N)cc2)o1. The van der Waals surface area contributed by atoms with Gasteiger partial charge in [0.1, 0.15) is 5.76 Å². The van der Waals surface area contributed by atoms with E-state index in [0.29, 0.717) is 12.3 Å². The predicted molar refractivity (Wildman–Crippen MR) is 75.1 cm³/mol. The van der Waals surface area contributed by atoms with E-state index in [9.17, 15) is 4.79 Å². The van der Waals surface area contributed by atoms with E-state index < -0.39 is 0 Å². The minimum atomic E-state index is -0.166. The number of hydrogen-bond acceptors (Lipinski definition) is 3. The zero-order chi connectivity index (χ0) is 13.8. The van der Waals surface area contributed by atoms with E-state index in [1.165, 1.54) is 0 Å². The van der Waals surface area contributed by atoms with Crippen molar-refractivity contribution >= 4 is 11.6 Å². The van der Waals surface area contributed by atoms with Gasteiger partial charge in [-0.2, -0.15) is 0 Å². The number of anilines is 1. The van der Waals surface area contributed by atoms with Crippen LogP contribution in [0.4, 0.5) is 5.69 Å². The molecular formula is C15H18N2O2. The number of carbonyl (C=O) groups excluding carboxylic acids is 1. The lowest BCUT2D eigenvalue weighted by Crippen LogP contribution is -2.25. The van der Waals surface area contributed by atoms with Crippen LogP contribution in [0, 0.1) is 13.8 Å². The average Bonchev–Trinajstić information content (AvgIpc) is 2.71. The van der Waals surface area contributed by atoms with Crippen LogP contribution in [0.2, 0.25) is 0 Å². The molecule has 4 nitrogen and oxygen atoms in total. The molecule has 3 N–H and O–H groups in total. The molecule has 0 bridgehead atoms. The molecule has 0 aliphatic heterocycles. The van der Waals surface area contributed by atoms with Crippen LogP contribution in [-0.2, 0) is 6.42 Å². The van der Waals surface area contributed by atoms with Gasteiger partial charge >= 0.3 is 0 Å². The molecule has 0 fully saturated rings. The Morgan fingerprint density at radius 3 is 2.53 bits per heavy atom. The first-order chi connectivity index (χ1) is 9.06. The predicted octanol–water partition coefficient (Wildman–Crippen LogP) is 2.45. The van der Waals surface area contributed by atoms with Gasteiger partial charge in [0.25, 0.3) is 5.91 Å². The van der Waals surface area contributed by atoms with Crippen LogP contribution in [0.25, 0.3) is 0 Å². The fourth-order valence-electron chi connectivity index (χ4n) is 1.95. The summed E-state index contributed by atoms with van der Waals surface area (Å²) in [5.74, 6) is 0.983. The molecule has 19 heavy (non-hydrogen) atoms. The monoisotopic (exact) mass is 258 g/mol. The summed E-state index contributed by atoms with van der Waals surface area (Å²) in [6, 6.07) is 9.50. The minimum Gasteiger partial charge on any atom is -0.456 e. The summed E-state index contributed by atoms with van der Waals surface area (Å²) in [7, 11) is 0. The largest absolute Gasteiger partial charge is 0.456 e. The van der Waals surface area contributed by atoms with Crippen LogP contribution in [0.3, 0.4) is 0 Å². The van der Waals surface area contributed by atoms with E-state index in [-0.39, 0.29) is 5.91 Å². The Balaban J connectivity index is 1.87. The van der Waals surface area contributed by atoms with Gasteiger partial charge < -0.3 is 15.5 Å². The van der Waals surface area contributed by atoms with E-state index in [2.05, 4.69) is 5.32 Å². The Morgan fingerprint density at radius 2 is 1.95 bits per heavy atom. The zero-order valence-electron chi connectivity index (χ0n) is 11.2. The molecule has 4 heteroatoms. The molecule has 2 aromatic rings. The number of amides is 1. The number of carbonyl (C=O) groups is 1. The summed E-state index contributed by atoms with van der Waals surface area (Å²) in [6.07, 6.45) is 0.769. The van der Waals surface area contributed by atoms with Crippen LogP contribution in [-0.4, -0.2) is 12.5 Å². The summed E-state index contributed by atoms with van der Waals surface area (Å²) < 4.78 is 5.37. The lowest BCUT2D eigenvalue weighted by Gasteiger charge is -2.04. The number of nitrogen functional groups attached to an aromatic ring is 1. The second-order valence-corrected chi connectivity index (χ2v) is 4.62. The van der Waals surface area contributed by atoms with Gasteiger partial charge in [-0.3, -0.25) is 4.79 Å². The van der Waals surface area contributed by atoms with Gasteiger partial charge in [0.2, 0.25) is 0 Å². The normalized spacial score (nSPS) is 10.4. The number of hydrogen-bond donors (Lipinski definition) is 2. The molecule has 0 spiro atoms. The Morgan fingerprint density at radius 1 is 1.26 bits per heavy atom. The molecule has 0 radical (unpaired) electrons. The summed E-state index contributed by atoms with van der Waals surface area (Å²) >= 11 is 0. The molecule has 1 amide bonds. The van der Waals surface area contributed by atoms with Crippen molar-refractivity contribution in [1.29, 1.82) is 0 Å². The first-order valence-electron chi connectivity index (χ1n) is 6.26. The maximum Gasteiger partial charge on any atom is 0.287 e. The third kappa shape index (κ3) is 3.37. The molecule has 0 saturated heterocycles. The second-order valence-electron chi connectivity index (χ2n) is 4.62. The van der Waals surface area contributed by atoms with E-state index in [1.54, 1.807) is 0 Å².